The molecule has 6 nitrogen and oxygen atoms in total. The van der Waals surface area contributed by atoms with Crippen LogP contribution in [0, 0.1) is 0 Å². The molecule has 8 aromatic rings. The maximum atomic E-state index is 6.41. The van der Waals surface area contributed by atoms with Crippen LogP contribution < -0.4 is 9.40 Å². The number of hydrogen-bond donors (Lipinski definition) is 0. The number of anilines is 3. The van der Waals surface area contributed by atoms with Gasteiger partial charge in [0, 0.05) is 58.2 Å². The van der Waals surface area contributed by atoms with E-state index in [0.717, 1.165) is 43.5 Å². The summed E-state index contributed by atoms with van der Waals surface area (Å²) in [4.78, 5) is 3.37. The Morgan fingerprint density at radius 3 is 1.41 bits per heavy atom. The molecule has 0 aliphatic rings. The second-order valence-electron chi connectivity index (χ2n) is 16.7. The minimum absolute atomic E-state index is 0.144. The number of hydrogen-bond acceptors (Lipinski definition) is 7. The molecule has 5 aromatic carbocycles. The lowest BCUT2D eigenvalue weighted by molar-refractivity contribution is 0.0866. The lowest BCUT2D eigenvalue weighted by Gasteiger charge is -2.30. The number of thiophene rings is 1. The highest BCUT2D eigenvalue weighted by Crippen LogP contribution is 2.40. The summed E-state index contributed by atoms with van der Waals surface area (Å²) in [5, 5.41) is 0. The van der Waals surface area contributed by atoms with Gasteiger partial charge in [0.15, 0.2) is 11.5 Å². The Morgan fingerprint density at radius 2 is 0.906 bits per heavy atom. The van der Waals surface area contributed by atoms with E-state index in [-0.39, 0.29) is 10.8 Å². The molecular weight excluding hydrogens is 827 g/mol. The second kappa shape index (κ2) is 19.4. The molecule has 0 spiro atoms. The van der Waals surface area contributed by atoms with Gasteiger partial charge in [-0.25, -0.2) is 0 Å². The van der Waals surface area contributed by atoms with Gasteiger partial charge in [0.05, 0.1) is 4.50 Å². The number of furan rings is 2. The Kier molecular flexibility index (Phi) is 13.5. The Bertz CT molecular complexity index is 2640. The topological polar surface area (TPSA) is 57.2 Å². The molecule has 0 amide bonds. The Hall–Kier alpha value is -6.00. The molecule has 0 radical (unpaired) electrons. The number of rotatable bonds is 18. The van der Waals surface area contributed by atoms with Crippen LogP contribution in [-0.4, -0.2) is 28.6 Å². The van der Waals surface area contributed by atoms with Gasteiger partial charge in [-0.2, -0.15) is 0 Å². The van der Waals surface area contributed by atoms with Crippen molar-refractivity contribution in [3.05, 3.63) is 203 Å². The van der Waals surface area contributed by atoms with Crippen molar-refractivity contribution in [2.75, 3.05) is 24.7 Å². The fraction of sp³-hybridized carbons (Fsp3) is 0.214. The average Bonchev–Trinajstić information content (AvgIpc) is 4.13. The molecule has 0 bridgehead atoms. The highest BCUT2D eigenvalue weighted by molar-refractivity contribution is 7.24. The summed E-state index contributed by atoms with van der Waals surface area (Å²) in [6.45, 7) is 16.6. The van der Waals surface area contributed by atoms with E-state index in [1.54, 1.807) is 11.3 Å². The van der Waals surface area contributed by atoms with E-state index in [0.29, 0.717) is 31.3 Å². The number of benzene rings is 5. The van der Waals surface area contributed by atoms with Crippen LogP contribution in [0.3, 0.4) is 0 Å². The molecule has 326 valence electrons. The molecule has 64 heavy (non-hydrogen) atoms. The monoisotopic (exact) mass is 883 g/mol. The minimum atomic E-state index is -2.95. The van der Waals surface area contributed by atoms with Gasteiger partial charge in [-0.15, -0.1) is 11.3 Å². The van der Waals surface area contributed by atoms with Crippen LogP contribution in [0.4, 0.5) is 17.1 Å². The third-order valence-electron chi connectivity index (χ3n) is 11.9. The molecule has 0 aliphatic carbocycles. The molecule has 3 heterocycles. The first-order valence-electron chi connectivity index (χ1n) is 22.2. The van der Waals surface area contributed by atoms with Crippen LogP contribution >= 0.6 is 11.3 Å². The van der Waals surface area contributed by atoms with E-state index in [2.05, 4.69) is 178 Å². The maximum absolute atomic E-state index is 6.41. The molecule has 0 saturated carbocycles. The molecule has 0 saturated heterocycles. The lowest BCUT2D eigenvalue weighted by Crippen LogP contribution is -2.55. The van der Waals surface area contributed by atoms with E-state index in [1.807, 2.05) is 57.2 Å². The largest absolute Gasteiger partial charge is 0.547 e. The average molecular weight is 884 g/mol. The van der Waals surface area contributed by atoms with Gasteiger partial charge in [0.1, 0.15) is 11.5 Å². The smallest absolute Gasteiger partial charge is 0.453 e. The van der Waals surface area contributed by atoms with Crippen LogP contribution in [0.2, 0.25) is 0 Å². The Balaban J connectivity index is 1.03. The quantitative estimate of drug-likeness (QED) is 0.0800. The molecule has 8 rings (SSSR count). The third kappa shape index (κ3) is 9.43. The highest BCUT2D eigenvalue weighted by Gasteiger charge is 2.44. The molecule has 3 aromatic heterocycles. The summed E-state index contributed by atoms with van der Waals surface area (Å²) in [5.74, 6) is 2.81. The summed E-state index contributed by atoms with van der Waals surface area (Å²) in [5.41, 5.74) is 8.97. The van der Waals surface area contributed by atoms with Gasteiger partial charge in [0.25, 0.3) is 0 Å². The van der Waals surface area contributed by atoms with Crippen LogP contribution in [0.5, 0.6) is 0 Å². The van der Waals surface area contributed by atoms with Crippen molar-refractivity contribution >= 4 is 53.9 Å². The standard InChI is InChI=1S/C56H57NO5SSi/c1-8-58-64(59-9-2,60-10-3)54-40-36-50(63-54)35-33-49-34-37-52(61-49)53-39-38-51(62-53)41-21-27-46(28-22-41)57(47-29-23-44(24-30-47)55(4,5)42-17-13-11-14-18-42)48-31-25-45(26-32-48)56(6,7)43-19-15-12-16-20-43/h11-40H,8-10H2,1-7H3/b35-33+. The Morgan fingerprint density at radius 1 is 0.469 bits per heavy atom. The molecule has 0 fully saturated rings. The van der Waals surface area contributed by atoms with Gasteiger partial charge in [-0.1, -0.05) is 113 Å². The molecule has 0 N–H and O–H groups in total. The van der Waals surface area contributed by atoms with Crippen molar-refractivity contribution in [1.82, 2.24) is 0 Å². The van der Waals surface area contributed by atoms with Gasteiger partial charge < -0.3 is 27.0 Å². The summed E-state index contributed by atoms with van der Waals surface area (Å²) in [6.07, 6.45) is 4.01. The fourth-order valence-electron chi connectivity index (χ4n) is 8.20. The van der Waals surface area contributed by atoms with Gasteiger partial charge in [0.2, 0.25) is 0 Å². The predicted molar refractivity (Wildman–Crippen MR) is 267 cm³/mol. The zero-order valence-electron chi connectivity index (χ0n) is 37.8. The van der Waals surface area contributed by atoms with Crippen molar-refractivity contribution in [2.24, 2.45) is 0 Å². The molecule has 0 aliphatic heterocycles. The molecule has 0 atom stereocenters. The summed E-state index contributed by atoms with van der Waals surface area (Å²) in [7, 11) is -2.95. The fourth-order valence-corrected chi connectivity index (χ4v) is 12.3. The van der Waals surface area contributed by atoms with E-state index >= 15 is 0 Å². The van der Waals surface area contributed by atoms with Crippen molar-refractivity contribution in [2.45, 2.75) is 59.3 Å². The molecule has 0 unspecified atom stereocenters. The Labute approximate surface area is 383 Å². The van der Waals surface area contributed by atoms with Crippen molar-refractivity contribution in [3.63, 3.8) is 0 Å². The predicted octanol–water partition coefficient (Wildman–Crippen LogP) is 14.8. The summed E-state index contributed by atoms with van der Waals surface area (Å²) < 4.78 is 32.0. The zero-order valence-corrected chi connectivity index (χ0v) is 39.7. The van der Waals surface area contributed by atoms with Crippen molar-refractivity contribution < 1.29 is 22.1 Å². The van der Waals surface area contributed by atoms with Crippen LogP contribution in [-0.2, 0) is 24.1 Å². The van der Waals surface area contributed by atoms with Crippen molar-refractivity contribution in [1.29, 1.82) is 0 Å². The van der Waals surface area contributed by atoms with Crippen LogP contribution in [0.15, 0.2) is 179 Å². The summed E-state index contributed by atoms with van der Waals surface area (Å²) in [6, 6.07) is 59.9. The first-order chi connectivity index (χ1) is 31.0. The van der Waals surface area contributed by atoms with E-state index in [1.165, 1.54) is 22.3 Å². The minimum Gasteiger partial charge on any atom is -0.453 e. The second-order valence-corrected chi connectivity index (χ2v) is 20.7. The van der Waals surface area contributed by atoms with E-state index in [9.17, 15) is 0 Å². The van der Waals surface area contributed by atoms with Crippen molar-refractivity contribution in [3.8, 4) is 22.8 Å². The maximum Gasteiger partial charge on any atom is 0.547 e. The number of nitrogens with zero attached hydrogens (tertiary/aromatic N) is 1. The van der Waals surface area contributed by atoms with Gasteiger partial charge >= 0.3 is 8.80 Å². The van der Waals surface area contributed by atoms with Crippen LogP contribution in [0.25, 0.3) is 35.0 Å². The normalized spacial score (nSPS) is 12.3. The third-order valence-corrected chi connectivity index (χ3v) is 16.6. The first-order valence-corrected chi connectivity index (χ1v) is 24.7. The van der Waals surface area contributed by atoms with E-state index < -0.39 is 8.80 Å². The first kappa shape index (κ1) is 44.6. The SMILES string of the molecule is CCO[Si](OCC)(OCC)c1ccc(/C=C/c2ccc(-c3ccc(-c4ccc(N(c5ccc(C(C)(C)c6ccccc6)cc5)c5ccc(C(C)(C)c6ccccc6)cc5)cc4)o3)o2)s1. The van der Waals surface area contributed by atoms with Gasteiger partial charge in [-0.3, -0.25) is 0 Å². The zero-order chi connectivity index (χ0) is 44.7. The molecular formula is C56H57NO5SSi. The van der Waals surface area contributed by atoms with Gasteiger partial charge in [-0.05, 0) is 140 Å². The lowest BCUT2D eigenvalue weighted by atomic mass is 9.78. The summed E-state index contributed by atoms with van der Waals surface area (Å²) >= 11 is 1.62. The molecule has 8 heteroatoms. The highest BCUT2D eigenvalue weighted by atomic mass is 32.1. The van der Waals surface area contributed by atoms with E-state index in [4.69, 9.17) is 22.1 Å². The van der Waals surface area contributed by atoms with Crippen LogP contribution in [0.1, 0.15) is 81.4 Å².